The number of nitrogens with zero attached hydrogens (tertiary/aromatic N) is 4. The number of nitrogens with one attached hydrogen (secondary N) is 1. The fraction of sp³-hybridized carbons (Fsp3) is 0.526. The van der Waals surface area contributed by atoms with Crippen molar-refractivity contribution in [3.8, 4) is 0 Å². The van der Waals surface area contributed by atoms with Crippen LogP contribution in [0.25, 0.3) is 0 Å². The van der Waals surface area contributed by atoms with Crippen molar-refractivity contribution in [3.63, 3.8) is 0 Å². The Hall–Kier alpha value is -2.37. The molecule has 1 aliphatic rings. The second-order valence-corrected chi connectivity index (χ2v) is 6.85. The molecule has 6 heteroatoms. The maximum Gasteiger partial charge on any atom is 0.224 e. The number of amides is 1. The first kappa shape index (κ1) is 17.5. The number of likely N-dealkylation sites (tertiary alicyclic amines) is 1. The summed E-state index contributed by atoms with van der Waals surface area (Å²) in [4.78, 5) is 23.5. The smallest absolute Gasteiger partial charge is 0.224 e. The Kier molecular flexibility index (Phi) is 5.36. The zero-order valence-corrected chi connectivity index (χ0v) is 15.3. The van der Waals surface area contributed by atoms with Crippen molar-refractivity contribution in [3.05, 3.63) is 42.1 Å². The molecule has 0 radical (unpaired) electrons. The van der Waals surface area contributed by atoms with Crippen LogP contribution >= 0.6 is 0 Å². The van der Waals surface area contributed by atoms with Gasteiger partial charge in [-0.05, 0) is 30.5 Å². The normalized spacial score (nSPS) is 17.3. The van der Waals surface area contributed by atoms with Crippen LogP contribution in [0.2, 0.25) is 0 Å². The van der Waals surface area contributed by atoms with Gasteiger partial charge < -0.3 is 14.8 Å². The van der Waals surface area contributed by atoms with Crippen molar-refractivity contribution in [2.24, 2.45) is 0 Å². The van der Waals surface area contributed by atoms with Gasteiger partial charge in [0, 0.05) is 51.1 Å². The van der Waals surface area contributed by atoms with Crippen LogP contribution in [0.1, 0.15) is 56.5 Å². The maximum absolute atomic E-state index is 12.8. The molecule has 2 aromatic heterocycles. The van der Waals surface area contributed by atoms with E-state index in [1.165, 1.54) is 0 Å². The summed E-state index contributed by atoms with van der Waals surface area (Å²) >= 11 is 0. The molecular weight excluding hydrogens is 314 g/mol. The maximum atomic E-state index is 12.8. The van der Waals surface area contributed by atoms with Crippen molar-refractivity contribution >= 4 is 11.7 Å². The van der Waals surface area contributed by atoms with Gasteiger partial charge in [-0.2, -0.15) is 0 Å². The van der Waals surface area contributed by atoms with Crippen molar-refractivity contribution in [2.75, 3.05) is 18.9 Å². The Morgan fingerprint density at radius 1 is 1.36 bits per heavy atom. The van der Waals surface area contributed by atoms with Gasteiger partial charge in [-0.1, -0.05) is 13.8 Å². The molecule has 1 atom stereocenters. The van der Waals surface area contributed by atoms with Gasteiger partial charge in [0.1, 0.15) is 11.6 Å². The Bertz CT molecular complexity index is 724. The highest BCUT2D eigenvalue weighted by atomic mass is 16.2. The number of hydrogen-bond acceptors (Lipinski definition) is 4. The summed E-state index contributed by atoms with van der Waals surface area (Å²) in [5.41, 5.74) is 1.16. The molecule has 3 rings (SSSR count). The van der Waals surface area contributed by atoms with E-state index in [4.69, 9.17) is 0 Å². The molecule has 0 spiro atoms. The molecule has 1 unspecified atom stereocenters. The van der Waals surface area contributed by atoms with Crippen LogP contribution in [-0.4, -0.2) is 38.9 Å². The Morgan fingerprint density at radius 3 is 2.96 bits per heavy atom. The molecule has 6 nitrogen and oxygen atoms in total. The summed E-state index contributed by atoms with van der Waals surface area (Å²) in [6.45, 7) is 5.77. The summed E-state index contributed by atoms with van der Waals surface area (Å²) in [6.07, 6.45) is 8.16. The molecule has 1 N–H and O–H groups in total. The van der Waals surface area contributed by atoms with E-state index in [1.54, 1.807) is 0 Å². The molecule has 3 heterocycles. The molecule has 0 saturated carbocycles. The number of rotatable bonds is 6. The predicted molar refractivity (Wildman–Crippen MR) is 98.4 cm³/mol. The minimum atomic E-state index is 0.162. The average molecular weight is 341 g/mol. The van der Waals surface area contributed by atoms with Crippen LogP contribution in [0.5, 0.6) is 0 Å². The standard InChI is InChI=1S/C19H27N5O/c1-14(2)19-22-9-12-23(19)11-7-18(25)24-10-4-5-16(24)15-6-8-21-17(13-15)20-3/h6,8-9,12-14,16H,4-5,7,10-11H2,1-3H3,(H,20,21). The molecule has 134 valence electrons. The predicted octanol–water partition coefficient (Wildman–Crippen LogP) is 3.20. The number of anilines is 1. The van der Waals surface area contributed by atoms with E-state index in [2.05, 4.69) is 33.7 Å². The molecular formula is C19H27N5O. The molecule has 1 amide bonds. The van der Waals surface area contributed by atoms with Crippen molar-refractivity contribution in [2.45, 2.75) is 51.6 Å². The molecule has 0 aromatic carbocycles. The second kappa shape index (κ2) is 7.68. The van der Waals surface area contributed by atoms with Gasteiger partial charge in [0.15, 0.2) is 0 Å². The average Bonchev–Trinajstić information content (AvgIpc) is 3.28. The summed E-state index contributed by atoms with van der Waals surface area (Å²) in [7, 11) is 1.86. The summed E-state index contributed by atoms with van der Waals surface area (Å²) in [5.74, 6) is 2.46. The van der Waals surface area contributed by atoms with Crippen LogP contribution < -0.4 is 5.32 Å². The molecule has 25 heavy (non-hydrogen) atoms. The molecule has 2 aromatic rings. The lowest BCUT2D eigenvalue weighted by atomic mass is 10.1. The van der Waals surface area contributed by atoms with Crippen molar-refractivity contribution in [1.29, 1.82) is 0 Å². The summed E-state index contributed by atoms with van der Waals surface area (Å²) in [5, 5.41) is 3.07. The number of aryl methyl sites for hydroxylation is 1. The van der Waals surface area contributed by atoms with Crippen molar-refractivity contribution < 1.29 is 4.79 Å². The first-order valence-corrected chi connectivity index (χ1v) is 9.04. The number of carbonyl (C=O) groups excluding carboxylic acids is 1. The third-order valence-corrected chi connectivity index (χ3v) is 4.83. The molecule has 1 saturated heterocycles. The van der Waals surface area contributed by atoms with Gasteiger partial charge in [0.25, 0.3) is 0 Å². The van der Waals surface area contributed by atoms with Crippen LogP contribution in [0, 0.1) is 0 Å². The zero-order valence-electron chi connectivity index (χ0n) is 15.3. The van der Waals surface area contributed by atoms with Gasteiger partial charge in [-0.15, -0.1) is 0 Å². The Labute approximate surface area is 149 Å². The topological polar surface area (TPSA) is 63.1 Å². The molecule has 1 fully saturated rings. The van der Waals surface area contributed by atoms with E-state index in [-0.39, 0.29) is 11.9 Å². The van der Waals surface area contributed by atoms with E-state index in [1.807, 2.05) is 42.7 Å². The minimum Gasteiger partial charge on any atom is -0.373 e. The fourth-order valence-electron chi connectivity index (χ4n) is 3.57. The number of hydrogen-bond donors (Lipinski definition) is 1. The SMILES string of the molecule is CNc1cc(C2CCCN2C(=O)CCn2ccnc2C(C)C)ccn1. The van der Waals surface area contributed by atoms with Crippen LogP contribution in [0.15, 0.2) is 30.7 Å². The highest BCUT2D eigenvalue weighted by Crippen LogP contribution is 2.33. The van der Waals surface area contributed by atoms with Crippen LogP contribution in [0.3, 0.4) is 0 Å². The van der Waals surface area contributed by atoms with Gasteiger partial charge in [-0.25, -0.2) is 9.97 Å². The summed E-state index contributed by atoms with van der Waals surface area (Å²) < 4.78 is 2.10. The molecule has 0 aliphatic carbocycles. The Morgan fingerprint density at radius 2 is 2.20 bits per heavy atom. The van der Waals surface area contributed by atoms with Crippen LogP contribution in [0.4, 0.5) is 5.82 Å². The number of aromatic nitrogens is 3. The monoisotopic (exact) mass is 341 g/mol. The number of imidazole rings is 1. The lowest BCUT2D eigenvalue weighted by Crippen LogP contribution is -2.31. The van der Waals surface area contributed by atoms with E-state index < -0.39 is 0 Å². The minimum absolute atomic E-state index is 0.162. The van der Waals surface area contributed by atoms with Gasteiger partial charge in [-0.3, -0.25) is 4.79 Å². The quantitative estimate of drug-likeness (QED) is 0.876. The van der Waals surface area contributed by atoms with E-state index in [9.17, 15) is 4.79 Å². The van der Waals surface area contributed by atoms with Gasteiger partial charge in [0.2, 0.25) is 5.91 Å². The first-order valence-electron chi connectivity index (χ1n) is 9.04. The molecule has 1 aliphatic heterocycles. The lowest BCUT2D eigenvalue weighted by molar-refractivity contribution is -0.132. The highest BCUT2D eigenvalue weighted by molar-refractivity contribution is 5.77. The first-order chi connectivity index (χ1) is 12.1. The van der Waals surface area contributed by atoms with Crippen LogP contribution in [-0.2, 0) is 11.3 Å². The zero-order chi connectivity index (χ0) is 17.8. The lowest BCUT2D eigenvalue weighted by Gasteiger charge is -2.25. The van der Waals surface area contributed by atoms with Gasteiger partial charge >= 0.3 is 0 Å². The number of pyridine rings is 1. The fourth-order valence-corrected chi connectivity index (χ4v) is 3.57. The highest BCUT2D eigenvalue weighted by Gasteiger charge is 2.29. The van der Waals surface area contributed by atoms with Gasteiger partial charge in [0.05, 0.1) is 6.04 Å². The third-order valence-electron chi connectivity index (χ3n) is 4.83. The van der Waals surface area contributed by atoms with E-state index >= 15 is 0 Å². The van der Waals surface area contributed by atoms with Crippen molar-refractivity contribution in [1.82, 2.24) is 19.4 Å². The van der Waals surface area contributed by atoms with E-state index in [0.717, 1.165) is 36.6 Å². The number of carbonyl (C=O) groups is 1. The Balaban J connectivity index is 1.67. The summed E-state index contributed by atoms with van der Waals surface area (Å²) in [6, 6.07) is 4.22. The largest absolute Gasteiger partial charge is 0.373 e. The van der Waals surface area contributed by atoms with E-state index in [0.29, 0.717) is 18.9 Å². The third kappa shape index (κ3) is 3.83. The molecule has 0 bridgehead atoms. The second-order valence-electron chi connectivity index (χ2n) is 6.85.